The zero-order valence-corrected chi connectivity index (χ0v) is 17.9. The summed E-state index contributed by atoms with van der Waals surface area (Å²) in [7, 11) is 1.87. The molecule has 2 fully saturated rings. The average molecular weight is 469 g/mol. The second kappa shape index (κ2) is 8.12. The van der Waals surface area contributed by atoms with Crippen molar-refractivity contribution in [2.24, 2.45) is 10.4 Å². The molecule has 1 unspecified atom stereocenters. The van der Waals surface area contributed by atoms with Crippen molar-refractivity contribution in [1.29, 1.82) is 0 Å². The van der Waals surface area contributed by atoms with Crippen molar-refractivity contribution in [3.63, 3.8) is 0 Å². The third-order valence-corrected chi connectivity index (χ3v) is 5.53. The lowest BCUT2D eigenvalue weighted by Crippen LogP contribution is -2.42. The number of nitrogens with zero attached hydrogens (tertiary/aromatic N) is 4. The van der Waals surface area contributed by atoms with Gasteiger partial charge in [-0.15, -0.1) is 24.0 Å². The second-order valence-corrected chi connectivity index (χ2v) is 7.35. The molecule has 0 aliphatic carbocycles. The zero-order chi connectivity index (χ0) is 17.3. The number of aryl methyl sites for hydroxylation is 1. The highest BCUT2D eigenvalue weighted by atomic mass is 127. The molecule has 2 aromatic heterocycles. The first-order chi connectivity index (χ1) is 12.2. The molecule has 26 heavy (non-hydrogen) atoms. The van der Waals surface area contributed by atoms with Gasteiger partial charge >= 0.3 is 0 Å². The summed E-state index contributed by atoms with van der Waals surface area (Å²) < 4.78 is 7.72. The third-order valence-electron chi connectivity index (χ3n) is 5.53. The number of hydrogen-bond acceptors (Lipinski definition) is 3. The Bertz CT molecular complexity index is 781. The third kappa shape index (κ3) is 3.83. The summed E-state index contributed by atoms with van der Waals surface area (Å²) in [6.07, 6.45) is 7.45. The Labute approximate surface area is 172 Å². The van der Waals surface area contributed by atoms with Crippen LogP contribution in [0.1, 0.15) is 24.1 Å². The van der Waals surface area contributed by atoms with E-state index in [9.17, 15) is 0 Å². The highest BCUT2D eigenvalue weighted by Gasteiger charge is 2.42. The molecule has 0 bridgehead atoms. The maximum absolute atomic E-state index is 5.62. The van der Waals surface area contributed by atoms with Gasteiger partial charge in [-0.3, -0.25) is 4.99 Å². The van der Waals surface area contributed by atoms with E-state index in [2.05, 4.69) is 51.1 Å². The smallest absolute Gasteiger partial charge is 0.193 e. The van der Waals surface area contributed by atoms with Gasteiger partial charge in [0.2, 0.25) is 0 Å². The number of ether oxygens (including phenoxy) is 1. The van der Waals surface area contributed by atoms with Gasteiger partial charge in [0.25, 0.3) is 0 Å². The van der Waals surface area contributed by atoms with Gasteiger partial charge in [-0.25, -0.2) is 4.98 Å². The Morgan fingerprint density at radius 3 is 3.04 bits per heavy atom. The van der Waals surface area contributed by atoms with Gasteiger partial charge in [0, 0.05) is 57.5 Å². The molecule has 1 N–H and O–H groups in total. The van der Waals surface area contributed by atoms with Crippen molar-refractivity contribution in [3.05, 3.63) is 35.8 Å². The van der Waals surface area contributed by atoms with E-state index in [0.29, 0.717) is 5.41 Å². The molecule has 0 amide bonds. The minimum atomic E-state index is 0. The van der Waals surface area contributed by atoms with Gasteiger partial charge in [-0.1, -0.05) is 6.07 Å². The van der Waals surface area contributed by atoms with E-state index in [1.54, 1.807) is 0 Å². The lowest BCUT2D eigenvalue weighted by Gasteiger charge is -2.24. The Morgan fingerprint density at radius 1 is 1.42 bits per heavy atom. The molecule has 0 saturated carbocycles. The first-order valence-corrected chi connectivity index (χ1v) is 9.16. The first-order valence-electron chi connectivity index (χ1n) is 9.16. The van der Waals surface area contributed by atoms with Gasteiger partial charge in [0.15, 0.2) is 5.96 Å². The number of fused-ring (bicyclic) bond motifs is 1. The van der Waals surface area contributed by atoms with E-state index in [4.69, 9.17) is 9.72 Å². The average Bonchev–Trinajstić information content (AvgIpc) is 3.33. The molecule has 7 heteroatoms. The molecule has 0 aromatic carbocycles. The maximum atomic E-state index is 5.62. The van der Waals surface area contributed by atoms with Crippen molar-refractivity contribution < 1.29 is 4.74 Å². The molecule has 1 atom stereocenters. The highest BCUT2D eigenvalue weighted by Crippen LogP contribution is 2.38. The predicted octanol–water partition coefficient (Wildman–Crippen LogP) is 2.49. The summed E-state index contributed by atoms with van der Waals surface area (Å²) in [5, 5.41) is 3.51. The molecule has 2 aliphatic heterocycles. The van der Waals surface area contributed by atoms with Crippen molar-refractivity contribution in [3.8, 4) is 0 Å². The van der Waals surface area contributed by atoms with Gasteiger partial charge in [-0.05, 0) is 31.4 Å². The SMILES string of the molecule is CN=C(NCCc1cn2cccc(C)c2n1)N1CCC2(CCOC2)C1.I. The topological polar surface area (TPSA) is 54.2 Å². The van der Waals surface area contributed by atoms with Crippen molar-refractivity contribution in [2.45, 2.75) is 26.2 Å². The van der Waals surface area contributed by atoms with Gasteiger partial charge < -0.3 is 19.4 Å². The molecule has 0 radical (unpaired) electrons. The zero-order valence-electron chi connectivity index (χ0n) is 15.6. The van der Waals surface area contributed by atoms with E-state index in [1.807, 2.05) is 7.05 Å². The molecule has 2 saturated heterocycles. The van der Waals surface area contributed by atoms with E-state index < -0.39 is 0 Å². The van der Waals surface area contributed by atoms with Crippen molar-refractivity contribution in [2.75, 3.05) is 39.9 Å². The summed E-state index contributed by atoms with van der Waals surface area (Å²) in [6.45, 7) is 6.88. The monoisotopic (exact) mass is 469 g/mol. The van der Waals surface area contributed by atoms with E-state index in [-0.39, 0.29) is 24.0 Å². The van der Waals surface area contributed by atoms with Crippen LogP contribution < -0.4 is 5.32 Å². The molecule has 142 valence electrons. The van der Waals surface area contributed by atoms with Gasteiger partial charge in [-0.2, -0.15) is 0 Å². The summed E-state index contributed by atoms with van der Waals surface area (Å²) in [6, 6.07) is 4.16. The molecule has 2 aliphatic rings. The first kappa shape index (κ1) is 19.4. The number of aromatic nitrogens is 2. The Hall–Kier alpha value is -1.35. The van der Waals surface area contributed by atoms with E-state index in [0.717, 1.165) is 56.6 Å². The standard InChI is InChI=1S/C19H27N5O.HI/c1-15-4-3-9-23-12-16(22-17(15)23)5-8-21-18(20-2)24-10-6-19(13-24)7-11-25-14-19;/h3-4,9,12H,5-8,10-11,13-14H2,1-2H3,(H,20,21);1H. The number of imidazole rings is 1. The summed E-state index contributed by atoms with van der Waals surface area (Å²) in [5.41, 5.74) is 3.72. The number of halogens is 1. The fourth-order valence-corrected chi connectivity index (χ4v) is 4.05. The molecule has 6 nitrogen and oxygen atoms in total. The minimum Gasteiger partial charge on any atom is -0.381 e. The van der Waals surface area contributed by atoms with Crippen LogP contribution in [0.2, 0.25) is 0 Å². The summed E-state index contributed by atoms with van der Waals surface area (Å²) >= 11 is 0. The Kier molecular flexibility index (Phi) is 6.06. The van der Waals surface area contributed by atoms with Gasteiger partial charge in [0.05, 0.1) is 12.3 Å². The second-order valence-electron chi connectivity index (χ2n) is 7.35. The number of rotatable bonds is 3. The fraction of sp³-hybridized carbons (Fsp3) is 0.579. The summed E-state index contributed by atoms with van der Waals surface area (Å²) in [5.74, 6) is 1.00. The minimum absolute atomic E-state index is 0. The van der Waals surface area contributed by atoms with Crippen molar-refractivity contribution >= 4 is 35.6 Å². The number of hydrogen-bond donors (Lipinski definition) is 1. The van der Waals surface area contributed by atoms with Crippen LogP contribution in [0.25, 0.3) is 5.65 Å². The molecule has 4 rings (SSSR count). The van der Waals surface area contributed by atoms with Gasteiger partial charge in [0.1, 0.15) is 5.65 Å². The molecule has 4 heterocycles. The fourth-order valence-electron chi connectivity index (χ4n) is 4.05. The summed E-state index contributed by atoms with van der Waals surface area (Å²) in [4.78, 5) is 11.6. The van der Waals surface area contributed by atoms with Crippen LogP contribution in [0.3, 0.4) is 0 Å². The van der Waals surface area contributed by atoms with Crippen LogP contribution in [0.4, 0.5) is 0 Å². The molecular formula is C19H28IN5O. The lowest BCUT2D eigenvalue weighted by atomic mass is 9.87. The van der Waals surface area contributed by atoms with Crippen LogP contribution in [0, 0.1) is 12.3 Å². The number of guanidine groups is 1. The maximum Gasteiger partial charge on any atom is 0.193 e. The largest absolute Gasteiger partial charge is 0.381 e. The van der Waals surface area contributed by atoms with Crippen LogP contribution in [-0.4, -0.2) is 60.1 Å². The predicted molar refractivity (Wildman–Crippen MR) is 114 cm³/mol. The number of likely N-dealkylation sites (tertiary alicyclic amines) is 1. The highest BCUT2D eigenvalue weighted by molar-refractivity contribution is 14.0. The Morgan fingerprint density at radius 2 is 2.31 bits per heavy atom. The Balaban J connectivity index is 0.00000196. The molecule has 2 aromatic rings. The van der Waals surface area contributed by atoms with Crippen LogP contribution in [-0.2, 0) is 11.2 Å². The van der Waals surface area contributed by atoms with Crippen LogP contribution in [0.5, 0.6) is 0 Å². The quantitative estimate of drug-likeness (QED) is 0.427. The van der Waals surface area contributed by atoms with E-state index >= 15 is 0 Å². The molecule has 1 spiro atoms. The van der Waals surface area contributed by atoms with Crippen LogP contribution >= 0.6 is 24.0 Å². The lowest BCUT2D eigenvalue weighted by molar-refractivity contribution is 0.156. The number of pyridine rings is 1. The number of aliphatic imine (C=N–C) groups is 1. The van der Waals surface area contributed by atoms with E-state index in [1.165, 1.54) is 18.4 Å². The molecular weight excluding hydrogens is 441 g/mol. The van der Waals surface area contributed by atoms with Crippen molar-refractivity contribution in [1.82, 2.24) is 19.6 Å². The van der Waals surface area contributed by atoms with Crippen LogP contribution in [0.15, 0.2) is 29.5 Å². The normalized spacial score (nSPS) is 23.0. The number of nitrogens with one attached hydrogen (secondary N) is 1.